The zero-order valence-electron chi connectivity index (χ0n) is 9.76. The molecule has 0 spiro atoms. The van der Waals surface area contributed by atoms with Gasteiger partial charge in [-0.1, -0.05) is 0 Å². The Balaban J connectivity index is 2.32. The standard InChI is InChI=1S/C10H15N3O5/c1-17-8-5(4-14)18-9(7(8)15)13-3-2-6(11)12-10(13)16/h2-3,5,7-9,14-15H,4H2,1H3,(H2,11,12,16)/t5-,7+,8?,9-/m1/s1. The van der Waals surface area contributed by atoms with Gasteiger partial charge >= 0.3 is 5.69 Å². The van der Waals surface area contributed by atoms with Gasteiger partial charge in [0.2, 0.25) is 0 Å². The van der Waals surface area contributed by atoms with Crippen molar-refractivity contribution >= 4 is 5.82 Å². The average molecular weight is 257 g/mol. The van der Waals surface area contributed by atoms with Gasteiger partial charge in [0, 0.05) is 13.3 Å². The third-order valence-electron chi connectivity index (χ3n) is 2.89. The van der Waals surface area contributed by atoms with Crippen molar-refractivity contribution in [3.05, 3.63) is 22.7 Å². The van der Waals surface area contributed by atoms with E-state index in [0.29, 0.717) is 0 Å². The molecular weight excluding hydrogens is 242 g/mol. The lowest BCUT2D eigenvalue weighted by molar-refractivity contribution is -0.0568. The highest BCUT2D eigenvalue weighted by Crippen LogP contribution is 2.29. The van der Waals surface area contributed by atoms with Gasteiger partial charge in [-0.25, -0.2) is 4.79 Å². The molecule has 0 amide bonds. The second kappa shape index (κ2) is 5.02. The van der Waals surface area contributed by atoms with Crippen molar-refractivity contribution < 1.29 is 19.7 Å². The minimum absolute atomic E-state index is 0.0886. The van der Waals surface area contributed by atoms with Crippen LogP contribution in [0.1, 0.15) is 6.23 Å². The minimum Gasteiger partial charge on any atom is -0.394 e. The Morgan fingerprint density at radius 3 is 2.89 bits per heavy atom. The molecule has 4 N–H and O–H groups in total. The Kier molecular flexibility index (Phi) is 3.62. The highest BCUT2D eigenvalue weighted by Gasteiger charge is 2.45. The van der Waals surface area contributed by atoms with Gasteiger partial charge in [-0.2, -0.15) is 4.98 Å². The molecule has 0 bridgehead atoms. The summed E-state index contributed by atoms with van der Waals surface area (Å²) in [5.74, 6) is 0.0886. The van der Waals surface area contributed by atoms with Gasteiger partial charge in [0.05, 0.1) is 6.61 Å². The highest BCUT2D eigenvalue weighted by molar-refractivity contribution is 5.23. The van der Waals surface area contributed by atoms with Crippen LogP contribution in [0, 0.1) is 0 Å². The van der Waals surface area contributed by atoms with Gasteiger partial charge in [-0.05, 0) is 6.07 Å². The predicted octanol–water partition coefficient (Wildman–Crippen LogP) is -1.91. The molecule has 1 saturated heterocycles. The minimum atomic E-state index is -1.07. The first-order chi connectivity index (χ1) is 8.58. The van der Waals surface area contributed by atoms with Crippen LogP contribution in [0.5, 0.6) is 0 Å². The molecular formula is C10H15N3O5. The lowest BCUT2D eigenvalue weighted by Crippen LogP contribution is -2.37. The van der Waals surface area contributed by atoms with Gasteiger partial charge in [0.25, 0.3) is 0 Å². The first-order valence-electron chi connectivity index (χ1n) is 5.40. The van der Waals surface area contributed by atoms with E-state index in [0.717, 1.165) is 4.57 Å². The van der Waals surface area contributed by atoms with Crippen LogP contribution in [0.4, 0.5) is 5.82 Å². The molecule has 1 aromatic rings. The lowest BCUT2D eigenvalue weighted by atomic mass is 10.1. The van der Waals surface area contributed by atoms with Gasteiger partial charge in [0.1, 0.15) is 24.1 Å². The number of ether oxygens (including phenoxy) is 2. The summed E-state index contributed by atoms with van der Waals surface area (Å²) in [6.07, 6.45) is -2.04. The molecule has 0 radical (unpaired) electrons. The van der Waals surface area contributed by atoms with Crippen LogP contribution in [-0.4, -0.2) is 51.8 Å². The van der Waals surface area contributed by atoms with Gasteiger partial charge in [0.15, 0.2) is 6.23 Å². The molecule has 1 aromatic heterocycles. The fraction of sp³-hybridized carbons (Fsp3) is 0.600. The van der Waals surface area contributed by atoms with E-state index in [-0.39, 0.29) is 12.4 Å². The second-order valence-electron chi connectivity index (χ2n) is 3.98. The van der Waals surface area contributed by atoms with Crippen LogP contribution < -0.4 is 11.4 Å². The number of nitrogens with two attached hydrogens (primary N) is 1. The number of nitrogens with zero attached hydrogens (tertiary/aromatic N) is 2. The molecule has 0 aliphatic carbocycles. The number of rotatable bonds is 3. The summed E-state index contributed by atoms with van der Waals surface area (Å²) in [5, 5.41) is 19.1. The first-order valence-corrected chi connectivity index (χ1v) is 5.40. The molecule has 1 aliphatic heterocycles. The molecule has 1 aliphatic rings. The van der Waals surface area contributed by atoms with Crippen LogP contribution in [0.2, 0.25) is 0 Å². The van der Waals surface area contributed by atoms with Crippen molar-refractivity contribution in [2.45, 2.75) is 24.5 Å². The first kappa shape index (κ1) is 13.0. The molecule has 8 nitrogen and oxygen atoms in total. The van der Waals surface area contributed by atoms with Crippen molar-refractivity contribution in [1.29, 1.82) is 0 Å². The Morgan fingerprint density at radius 1 is 1.67 bits per heavy atom. The highest BCUT2D eigenvalue weighted by atomic mass is 16.6. The Labute approximate surface area is 103 Å². The van der Waals surface area contributed by atoms with Crippen LogP contribution in [0.3, 0.4) is 0 Å². The predicted molar refractivity (Wildman–Crippen MR) is 60.7 cm³/mol. The Bertz CT molecular complexity index is 477. The molecule has 1 fully saturated rings. The molecule has 100 valence electrons. The Morgan fingerprint density at radius 2 is 2.39 bits per heavy atom. The quantitative estimate of drug-likeness (QED) is 0.578. The summed E-state index contributed by atoms with van der Waals surface area (Å²) >= 11 is 0. The molecule has 1 unspecified atom stereocenters. The van der Waals surface area contributed by atoms with Crippen molar-refractivity contribution in [2.75, 3.05) is 19.5 Å². The lowest BCUT2D eigenvalue weighted by Gasteiger charge is -2.18. The molecule has 0 aromatic carbocycles. The van der Waals surface area contributed by atoms with Crippen LogP contribution in [0.25, 0.3) is 0 Å². The van der Waals surface area contributed by atoms with Crippen LogP contribution in [0.15, 0.2) is 17.1 Å². The molecule has 8 heteroatoms. The fourth-order valence-corrected chi connectivity index (χ4v) is 2.01. The summed E-state index contributed by atoms with van der Waals surface area (Å²) in [5.41, 5.74) is 4.74. The molecule has 0 saturated carbocycles. The van der Waals surface area contributed by atoms with E-state index in [1.54, 1.807) is 0 Å². The van der Waals surface area contributed by atoms with E-state index < -0.39 is 30.2 Å². The van der Waals surface area contributed by atoms with Crippen molar-refractivity contribution in [3.8, 4) is 0 Å². The number of hydrogen-bond donors (Lipinski definition) is 3. The number of methoxy groups -OCH3 is 1. The van der Waals surface area contributed by atoms with Crippen molar-refractivity contribution in [1.82, 2.24) is 9.55 Å². The maximum absolute atomic E-state index is 11.6. The third-order valence-corrected chi connectivity index (χ3v) is 2.89. The summed E-state index contributed by atoms with van der Waals surface area (Å²) < 4.78 is 11.6. The number of aliphatic hydroxyl groups excluding tert-OH is 2. The summed E-state index contributed by atoms with van der Waals surface area (Å²) in [6, 6.07) is 1.42. The molecule has 2 rings (SSSR count). The maximum atomic E-state index is 11.6. The monoisotopic (exact) mass is 257 g/mol. The van der Waals surface area contributed by atoms with Gasteiger partial charge < -0.3 is 25.4 Å². The zero-order chi connectivity index (χ0) is 13.3. The summed E-state index contributed by atoms with van der Waals surface area (Å²) in [7, 11) is 1.40. The molecule has 2 heterocycles. The number of aliphatic hydroxyl groups is 2. The smallest absolute Gasteiger partial charge is 0.351 e. The van der Waals surface area contributed by atoms with E-state index in [4.69, 9.17) is 20.3 Å². The third kappa shape index (κ3) is 2.10. The van der Waals surface area contributed by atoms with Crippen molar-refractivity contribution in [3.63, 3.8) is 0 Å². The summed E-state index contributed by atoms with van der Waals surface area (Å²) in [6.45, 7) is -0.316. The number of hydrogen-bond acceptors (Lipinski definition) is 7. The SMILES string of the molecule is COC1[C@@H](CO)O[C@@H](n2ccc(N)nc2=O)[C@H]1O. The number of anilines is 1. The number of aromatic nitrogens is 2. The molecule has 18 heavy (non-hydrogen) atoms. The van der Waals surface area contributed by atoms with E-state index in [2.05, 4.69) is 4.98 Å². The van der Waals surface area contributed by atoms with Crippen LogP contribution in [-0.2, 0) is 9.47 Å². The van der Waals surface area contributed by atoms with E-state index in [1.165, 1.54) is 19.4 Å². The fourth-order valence-electron chi connectivity index (χ4n) is 2.01. The van der Waals surface area contributed by atoms with E-state index >= 15 is 0 Å². The van der Waals surface area contributed by atoms with Crippen molar-refractivity contribution in [2.24, 2.45) is 0 Å². The largest absolute Gasteiger partial charge is 0.394 e. The molecule has 4 atom stereocenters. The second-order valence-corrected chi connectivity index (χ2v) is 3.98. The average Bonchev–Trinajstić information content (AvgIpc) is 2.66. The van der Waals surface area contributed by atoms with E-state index in [1.807, 2.05) is 0 Å². The van der Waals surface area contributed by atoms with Gasteiger partial charge in [-0.3, -0.25) is 4.57 Å². The summed E-state index contributed by atoms with van der Waals surface area (Å²) in [4.78, 5) is 15.2. The van der Waals surface area contributed by atoms with Gasteiger partial charge in [-0.15, -0.1) is 0 Å². The van der Waals surface area contributed by atoms with E-state index in [9.17, 15) is 9.90 Å². The van der Waals surface area contributed by atoms with Crippen LogP contribution >= 0.6 is 0 Å². The normalized spacial score (nSPS) is 31.7. The maximum Gasteiger partial charge on any atom is 0.351 e. The number of nitrogen functional groups attached to an aromatic ring is 1. The topological polar surface area (TPSA) is 120 Å². The Hall–Kier alpha value is -1.48. The zero-order valence-corrected chi connectivity index (χ0v) is 9.76.